The minimum atomic E-state index is -4.10. The molecule has 1 rings (SSSR count). The second-order valence-corrected chi connectivity index (χ2v) is 3.76. The van der Waals surface area contributed by atoms with Gasteiger partial charge in [-0.1, -0.05) is 0 Å². The largest absolute Gasteiger partial charge is 0.391 e. The maximum absolute atomic E-state index is 12.2. The van der Waals surface area contributed by atoms with Crippen molar-refractivity contribution in [3.8, 4) is 0 Å². The lowest BCUT2D eigenvalue weighted by Gasteiger charge is -2.28. The van der Waals surface area contributed by atoms with E-state index in [0.717, 1.165) is 0 Å². The van der Waals surface area contributed by atoms with Crippen molar-refractivity contribution in [1.29, 1.82) is 0 Å². The summed E-state index contributed by atoms with van der Waals surface area (Å²) >= 11 is 0. The van der Waals surface area contributed by atoms with Crippen molar-refractivity contribution in [3.63, 3.8) is 0 Å². The Morgan fingerprint density at radius 2 is 1.71 bits per heavy atom. The molecule has 0 bridgehead atoms. The zero-order valence-electron chi connectivity index (χ0n) is 7.81. The lowest BCUT2D eigenvalue weighted by Crippen LogP contribution is -2.32. The van der Waals surface area contributed by atoms with Gasteiger partial charge in [-0.2, -0.15) is 13.2 Å². The van der Waals surface area contributed by atoms with E-state index >= 15 is 0 Å². The summed E-state index contributed by atoms with van der Waals surface area (Å²) in [4.78, 5) is 11.1. The highest BCUT2D eigenvalue weighted by Crippen LogP contribution is 2.39. The van der Waals surface area contributed by atoms with Gasteiger partial charge >= 0.3 is 6.18 Å². The number of rotatable bonds is 2. The Hall–Kier alpha value is -0.580. The molecular formula is C9H14F3NO. The molecule has 0 atom stereocenters. The Morgan fingerprint density at radius 3 is 2.07 bits per heavy atom. The van der Waals surface area contributed by atoms with E-state index in [1.54, 1.807) is 0 Å². The van der Waals surface area contributed by atoms with Gasteiger partial charge in [-0.25, -0.2) is 0 Å². The van der Waals surface area contributed by atoms with Crippen LogP contribution in [0.15, 0.2) is 0 Å². The molecule has 0 aromatic carbocycles. The molecule has 0 spiro atoms. The highest BCUT2D eigenvalue weighted by Gasteiger charge is 2.42. The van der Waals surface area contributed by atoms with Gasteiger partial charge in [0.05, 0.1) is 12.5 Å². The van der Waals surface area contributed by atoms with Crippen LogP contribution in [0.25, 0.3) is 0 Å². The lowest BCUT2D eigenvalue weighted by atomic mass is 9.80. The molecule has 2 nitrogen and oxygen atoms in total. The van der Waals surface area contributed by atoms with E-state index in [-0.39, 0.29) is 31.1 Å². The van der Waals surface area contributed by atoms with E-state index < -0.39 is 12.1 Å². The van der Waals surface area contributed by atoms with Crippen molar-refractivity contribution < 1.29 is 18.0 Å². The second-order valence-electron chi connectivity index (χ2n) is 3.76. The molecular weight excluding hydrogens is 195 g/mol. The Labute approximate surface area is 80.7 Å². The predicted molar refractivity (Wildman–Crippen MR) is 45.6 cm³/mol. The summed E-state index contributed by atoms with van der Waals surface area (Å²) in [5, 5.41) is 0. The van der Waals surface area contributed by atoms with E-state index in [2.05, 4.69) is 0 Å². The van der Waals surface area contributed by atoms with Crippen LogP contribution >= 0.6 is 0 Å². The summed E-state index contributed by atoms with van der Waals surface area (Å²) in [5.74, 6) is -1.56. The number of carbonyl (C=O) groups excluding carboxylic acids is 1. The summed E-state index contributed by atoms with van der Waals surface area (Å²) in [6.07, 6.45) is -3.29. The molecule has 2 N–H and O–H groups in total. The molecule has 1 aliphatic rings. The summed E-state index contributed by atoms with van der Waals surface area (Å²) < 4.78 is 36.7. The van der Waals surface area contributed by atoms with E-state index in [4.69, 9.17) is 5.73 Å². The van der Waals surface area contributed by atoms with Gasteiger partial charge in [-0.15, -0.1) is 0 Å². The molecule has 1 fully saturated rings. The first-order chi connectivity index (χ1) is 6.45. The van der Waals surface area contributed by atoms with Crippen LogP contribution in [-0.4, -0.2) is 18.5 Å². The fraction of sp³-hybridized carbons (Fsp3) is 0.889. The fourth-order valence-electron chi connectivity index (χ4n) is 1.91. The van der Waals surface area contributed by atoms with Crippen LogP contribution in [-0.2, 0) is 4.79 Å². The minimum absolute atomic E-state index is 0.0542. The van der Waals surface area contributed by atoms with Crippen molar-refractivity contribution in [2.24, 2.45) is 17.6 Å². The first kappa shape index (κ1) is 11.5. The SMILES string of the molecule is NCC(=O)C1CCC(C(F)(F)F)CC1. The Balaban J connectivity index is 2.43. The van der Waals surface area contributed by atoms with Crippen molar-refractivity contribution >= 4 is 5.78 Å². The van der Waals surface area contributed by atoms with Gasteiger partial charge in [0.25, 0.3) is 0 Å². The number of hydrogen-bond donors (Lipinski definition) is 1. The van der Waals surface area contributed by atoms with Gasteiger partial charge in [-0.3, -0.25) is 4.79 Å². The number of ketones is 1. The fourth-order valence-corrected chi connectivity index (χ4v) is 1.91. The van der Waals surface area contributed by atoms with Crippen molar-refractivity contribution in [2.45, 2.75) is 31.9 Å². The van der Waals surface area contributed by atoms with Crippen LogP contribution in [0.4, 0.5) is 13.2 Å². The summed E-state index contributed by atoms with van der Waals surface area (Å²) in [6, 6.07) is 0. The van der Waals surface area contributed by atoms with Gasteiger partial charge in [0, 0.05) is 5.92 Å². The maximum atomic E-state index is 12.2. The monoisotopic (exact) mass is 209 g/mol. The van der Waals surface area contributed by atoms with Crippen molar-refractivity contribution in [2.75, 3.05) is 6.54 Å². The second kappa shape index (κ2) is 4.29. The van der Waals surface area contributed by atoms with Crippen LogP contribution in [0, 0.1) is 11.8 Å². The number of Topliss-reactive ketones (excluding diaryl/α,β-unsaturated/α-hetero) is 1. The van der Waals surface area contributed by atoms with Crippen LogP contribution < -0.4 is 5.73 Å². The first-order valence-corrected chi connectivity index (χ1v) is 4.74. The van der Waals surface area contributed by atoms with E-state index in [9.17, 15) is 18.0 Å². The van der Waals surface area contributed by atoms with Crippen LogP contribution in [0.2, 0.25) is 0 Å². The zero-order valence-corrected chi connectivity index (χ0v) is 7.81. The van der Waals surface area contributed by atoms with E-state index in [1.807, 2.05) is 0 Å². The van der Waals surface area contributed by atoms with Crippen LogP contribution in [0.5, 0.6) is 0 Å². The Bertz CT molecular complexity index is 207. The summed E-state index contributed by atoms with van der Waals surface area (Å²) in [5.41, 5.74) is 5.15. The quantitative estimate of drug-likeness (QED) is 0.754. The first-order valence-electron chi connectivity index (χ1n) is 4.74. The minimum Gasteiger partial charge on any atom is -0.324 e. The van der Waals surface area contributed by atoms with Gasteiger partial charge in [0.2, 0.25) is 0 Å². The molecule has 0 heterocycles. The number of hydrogen-bond acceptors (Lipinski definition) is 2. The van der Waals surface area contributed by atoms with Crippen molar-refractivity contribution in [3.05, 3.63) is 0 Å². The molecule has 14 heavy (non-hydrogen) atoms. The topological polar surface area (TPSA) is 43.1 Å². The van der Waals surface area contributed by atoms with Gasteiger partial charge in [0.15, 0.2) is 0 Å². The molecule has 0 amide bonds. The summed E-state index contributed by atoms with van der Waals surface area (Å²) in [6.45, 7) is -0.0542. The van der Waals surface area contributed by atoms with E-state index in [0.29, 0.717) is 12.8 Å². The molecule has 0 aromatic rings. The average Bonchev–Trinajstić information content (AvgIpc) is 2.15. The molecule has 5 heteroatoms. The molecule has 1 saturated carbocycles. The highest BCUT2D eigenvalue weighted by atomic mass is 19.4. The van der Waals surface area contributed by atoms with Gasteiger partial charge in [-0.05, 0) is 25.7 Å². The number of halogens is 3. The van der Waals surface area contributed by atoms with E-state index in [1.165, 1.54) is 0 Å². The smallest absolute Gasteiger partial charge is 0.324 e. The molecule has 0 radical (unpaired) electrons. The third-order valence-corrected chi connectivity index (χ3v) is 2.85. The number of nitrogens with two attached hydrogens (primary N) is 1. The maximum Gasteiger partial charge on any atom is 0.391 e. The Kier molecular flexibility index (Phi) is 3.53. The molecule has 0 saturated heterocycles. The molecule has 0 unspecified atom stereocenters. The number of alkyl halides is 3. The lowest BCUT2D eigenvalue weighted by molar-refractivity contribution is -0.184. The molecule has 0 aliphatic heterocycles. The third kappa shape index (κ3) is 2.70. The highest BCUT2D eigenvalue weighted by molar-refractivity contribution is 5.82. The Morgan fingerprint density at radius 1 is 1.21 bits per heavy atom. The normalized spacial score (nSPS) is 28.9. The summed E-state index contributed by atoms with van der Waals surface area (Å²) in [7, 11) is 0. The van der Waals surface area contributed by atoms with Crippen LogP contribution in [0.3, 0.4) is 0 Å². The van der Waals surface area contributed by atoms with Gasteiger partial charge < -0.3 is 5.73 Å². The molecule has 0 aromatic heterocycles. The van der Waals surface area contributed by atoms with Crippen molar-refractivity contribution in [1.82, 2.24) is 0 Å². The zero-order chi connectivity index (χ0) is 10.8. The standard InChI is InChI=1S/C9H14F3NO/c10-9(11,12)7-3-1-6(2-4-7)8(14)5-13/h6-7H,1-5,13H2. The third-order valence-electron chi connectivity index (χ3n) is 2.85. The average molecular weight is 209 g/mol. The van der Waals surface area contributed by atoms with Crippen LogP contribution in [0.1, 0.15) is 25.7 Å². The number of carbonyl (C=O) groups is 1. The predicted octanol–water partition coefficient (Wildman–Crippen LogP) is 1.88. The molecule has 82 valence electrons. The van der Waals surface area contributed by atoms with Gasteiger partial charge in [0.1, 0.15) is 5.78 Å². The molecule has 1 aliphatic carbocycles.